The van der Waals surface area contributed by atoms with E-state index in [1.165, 1.54) is 14.0 Å². The average Bonchev–Trinajstić information content (AvgIpc) is 2.30. The van der Waals surface area contributed by atoms with E-state index in [1.807, 2.05) is 0 Å². The number of carbonyl (C=O) groups excluding carboxylic acids is 1. The minimum absolute atomic E-state index is 0.103. The predicted octanol–water partition coefficient (Wildman–Crippen LogP) is -1.37. The van der Waals surface area contributed by atoms with Crippen LogP contribution in [0.15, 0.2) is 0 Å². The molecule has 0 aromatic carbocycles. The summed E-state index contributed by atoms with van der Waals surface area (Å²) in [6, 6.07) is 0. The van der Waals surface area contributed by atoms with Crippen molar-refractivity contribution < 1.29 is 24.9 Å². The van der Waals surface area contributed by atoms with Gasteiger partial charge in [0.05, 0.1) is 25.9 Å². The van der Waals surface area contributed by atoms with Gasteiger partial charge in [-0.2, -0.15) is 0 Å². The second-order valence-electron chi connectivity index (χ2n) is 4.07. The molecule has 1 unspecified atom stereocenters. The van der Waals surface area contributed by atoms with Crippen molar-refractivity contribution in [2.75, 3.05) is 26.9 Å². The second kappa shape index (κ2) is 6.15. The molecule has 0 aliphatic heterocycles. The van der Waals surface area contributed by atoms with E-state index in [1.54, 1.807) is 6.92 Å². The third-order valence-corrected chi connectivity index (χ3v) is 2.71. The highest BCUT2D eigenvalue weighted by molar-refractivity contribution is 5.78. The van der Waals surface area contributed by atoms with Gasteiger partial charge in [0.15, 0.2) is 5.60 Å². The third-order valence-electron chi connectivity index (χ3n) is 2.71. The summed E-state index contributed by atoms with van der Waals surface area (Å²) in [5.74, 6) is -0.763. The lowest BCUT2D eigenvalue weighted by Crippen LogP contribution is -2.57. The van der Waals surface area contributed by atoms with Crippen molar-refractivity contribution in [3.8, 4) is 0 Å². The van der Waals surface area contributed by atoms with Crippen LogP contribution in [0.3, 0.4) is 0 Å². The molecule has 96 valence electrons. The van der Waals surface area contributed by atoms with Gasteiger partial charge in [0.1, 0.15) is 0 Å². The van der Waals surface area contributed by atoms with Crippen LogP contribution in [-0.2, 0) is 9.53 Å². The van der Waals surface area contributed by atoms with Crippen LogP contribution in [0.1, 0.15) is 20.3 Å². The molecule has 0 aromatic heterocycles. The molecular weight excluding hydrogens is 214 g/mol. The molecule has 0 aliphatic carbocycles. The highest BCUT2D eigenvalue weighted by Gasteiger charge is 2.35. The van der Waals surface area contributed by atoms with Gasteiger partial charge < -0.3 is 25.4 Å². The maximum Gasteiger partial charge on any atom is 0.338 e. The van der Waals surface area contributed by atoms with E-state index in [0.717, 1.165) is 0 Å². The molecule has 0 spiro atoms. The lowest BCUT2D eigenvalue weighted by atomic mass is 9.96. The van der Waals surface area contributed by atoms with Crippen LogP contribution in [0.4, 0.5) is 0 Å². The molecule has 0 radical (unpaired) electrons. The summed E-state index contributed by atoms with van der Waals surface area (Å²) in [6.07, 6.45) is 0.469. The van der Waals surface area contributed by atoms with Crippen molar-refractivity contribution >= 4 is 5.97 Å². The molecule has 0 heterocycles. The summed E-state index contributed by atoms with van der Waals surface area (Å²) >= 11 is 0. The summed E-state index contributed by atoms with van der Waals surface area (Å²) in [4.78, 5) is 11.2. The number of aliphatic hydroxyl groups is 3. The number of rotatable bonds is 7. The van der Waals surface area contributed by atoms with Crippen molar-refractivity contribution in [1.29, 1.82) is 0 Å². The molecule has 0 fully saturated rings. The Kier molecular flexibility index (Phi) is 5.88. The van der Waals surface area contributed by atoms with Crippen LogP contribution in [0.25, 0.3) is 0 Å². The molecule has 0 saturated carbocycles. The van der Waals surface area contributed by atoms with Gasteiger partial charge in [-0.15, -0.1) is 0 Å². The summed E-state index contributed by atoms with van der Waals surface area (Å²) in [6.45, 7) is 2.43. The number of esters is 1. The minimum atomic E-state index is -1.68. The number of nitrogens with one attached hydrogen (secondary N) is 1. The zero-order chi connectivity index (χ0) is 12.8. The van der Waals surface area contributed by atoms with Crippen molar-refractivity contribution in [1.82, 2.24) is 5.32 Å². The van der Waals surface area contributed by atoms with Gasteiger partial charge >= 0.3 is 5.97 Å². The first-order valence-corrected chi connectivity index (χ1v) is 5.15. The number of β-amino-alcohol motifs (C(OH)–C–C–N with tert-alkyl or cyclic N) is 1. The molecule has 0 bridgehead atoms. The van der Waals surface area contributed by atoms with Crippen LogP contribution < -0.4 is 5.32 Å². The topological polar surface area (TPSA) is 99.0 Å². The molecule has 6 nitrogen and oxygen atoms in total. The fraction of sp³-hybridized carbons (Fsp3) is 0.900. The quantitative estimate of drug-likeness (QED) is 0.407. The zero-order valence-electron chi connectivity index (χ0n) is 9.99. The molecule has 0 aliphatic rings. The fourth-order valence-electron chi connectivity index (χ4n) is 1.16. The van der Waals surface area contributed by atoms with Gasteiger partial charge in [-0.3, -0.25) is 0 Å². The van der Waals surface area contributed by atoms with Gasteiger partial charge in [0.2, 0.25) is 0 Å². The van der Waals surface area contributed by atoms with Crippen LogP contribution in [-0.4, -0.2) is 59.3 Å². The largest absolute Gasteiger partial charge is 0.467 e. The summed E-state index contributed by atoms with van der Waals surface area (Å²) in [5.41, 5.74) is -2.57. The molecule has 16 heavy (non-hydrogen) atoms. The molecule has 4 N–H and O–H groups in total. The summed E-state index contributed by atoms with van der Waals surface area (Å²) in [7, 11) is 1.18. The molecular formula is C10H21NO5. The fourth-order valence-corrected chi connectivity index (χ4v) is 1.16. The average molecular weight is 235 g/mol. The first-order valence-electron chi connectivity index (χ1n) is 5.15. The van der Waals surface area contributed by atoms with Crippen LogP contribution in [0.2, 0.25) is 0 Å². The normalized spacial score (nSPS) is 15.6. The van der Waals surface area contributed by atoms with Crippen LogP contribution in [0, 0.1) is 0 Å². The maximum atomic E-state index is 11.2. The van der Waals surface area contributed by atoms with E-state index < -0.39 is 17.1 Å². The van der Waals surface area contributed by atoms with E-state index in [2.05, 4.69) is 10.1 Å². The Morgan fingerprint density at radius 3 is 2.19 bits per heavy atom. The predicted molar refractivity (Wildman–Crippen MR) is 57.8 cm³/mol. The zero-order valence-corrected chi connectivity index (χ0v) is 9.99. The number of aliphatic hydroxyl groups excluding tert-OH is 2. The van der Waals surface area contributed by atoms with Crippen LogP contribution >= 0.6 is 0 Å². The van der Waals surface area contributed by atoms with Gasteiger partial charge in [0, 0.05) is 6.54 Å². The van der Waals surface area contributed by atoms with E-state index >= 15 is 0 Å². The Morgan fingerprint density at radius 2 is 1.88 bits per heavy atom. The minimum Gasteiger partial charge on any atom is -0.467 e. The van der Waals surface area contributed by atoms with Crippen LogP contribution in [0.5, 0.6) is 0 Å². The standard InChI is InChI=1S/C10H21NO5/c1-4-10(6-12,7-13)11-5-9(2,15)8(14)16-3/h11-13,15H,4-7H2,1-3H3. The van der Waals surface area contributed by atoms with Gasteiger partial charge in [-0.05, 0) is 13.3 Å². The van der Waals surface area contributed by atoms with E-state index in [-0.39, 0.29) is 19.8 Å². The lowest BCUT2D eigenvalue weighted by molar-refractivity contribution is -0.160. The SMILES string of the molecule is CCC(CO)(CO)NCC(C)(O)C(=O)OC. The molecule has 1 atom stereocenters. The Hall–Kier alpha value is -0.690. The molecule has 0 saturated heterocycles. The van der Waals surface area contributed by atoms with Gasteiger partial charge in [-0.1, -0.05) is 6.92 Å². The van der Waals surface area contributed by atoms with E-state index in [9.17, 15) is 9.90 Å². The highest BCUT2D eigenvalue weighted by Crippen LogP contribution is 2.11. The summed E-state index contributed by atoms with van der Waals surface area (Å²) < 4.78 is 4.43. The van der Waals surface area contributed by atoms with Gasteiger partial charge in [-0.25, -0.2) is 4.79 Å². The maximum absolute atomic E-state index is 11.2. The third kappa shape index (κ3) is 3.71. The van der Waals surface area contributed by atoms with Crippen molar-refractivity contribution in [2.24, 2.45) is 0 Å². The van der Waals surface area contributed by atoms with E-state index in [0.29, 0.717) is 6.42 Å². The monoisotopic (exact) mass is 235 g/mol. The Balaban J connectivity index is 4.46. The summed E-state index contributed by atoms with van der Waals surface area (Å²) in [5, 5.41) is 30.8. The van der Waals surface area contributed by atoms with E-state index in [4.69, 9.17) is 10.2 Å². The number of hydrogen-bond acceptors (Lipinski definition) is 6. The van der Waals surface area contributed by atoms with Crippen molar-refractivity contribution in [2.45, 2.75) is 31.4 Å². The second-order valence-corrected chi connectivity index (χ2v) is 4.07. The lowest BCUT2D eigenvalue weighted by Gasteiger charge is -2.33. The molecule has 6 heteroatoms. The smallest absolute Gasteiger partial charge is 0.338 e. The van der Waals surface area contributed by atoms with Crippen molar-refractivity contribution in [3.05, 3.63) is 0 Å². The molecule has 0 aromatic rings. The molecule has 0 amide bonds. The van der Waals surface area contributed by atoms with Gasteiger partial charge in [0.25, 0.3) is 0 Å². The first-order chi connectivity index (χ1) is 7.37. The number of ether oxygens (including phenoxy) is 1. The Labute approximate surface area is 95.2 Å². The highest BCUT2D eigenvalue weighted by atomic mass is 16.5. The first kappa shape index (κ1) is 15.3. The van der Waals surface area contributed by atoms with Crippen molar-refractivity contribution in [3.63, 3.8) is 0 Å². The number of carbonyl (C=O) groups is 1. The Bertz CT molecular complexity index is 217. The Morgan fingerprint density at radius 1 is 1.38 bits per heavy atom. The molecule has 0 rings (SSSR count). The number of methoxy groups -OCH3 is 1. The number of hydrogen-bond donors (Lipinski definition) is 4.